The molecule has 0 aliphatic heterocycles. The van der Waals surface area contributed by atoms with Crippen molar-refractivity contribution in [3.63, 3.8) is 0 Å². The van der Waals surface area contributed by atoms with E-state index in [9.17, 15) is 19.2 Å². The van der Waals surface area contributed by atoms with Gasteiger partial charge in [-0.1, -0.05) is 5.16 Å². The highest BCUT2D eigenvalue weighted by molar-refractivity contribution is 8.04. The zero-order valence-electron chi connectivity index (χ0n) is 12.2. The zero-order chi connectivity index (χ0) is 17.0. The Balaban J connectivity index is 2.11. The lowest BCUT2D eigenvalue weighted by Gasteiger charge is -2.10. The van der Waals surface area contributed by atoms with Crippen LogP contribution in [0.2, 0.25) is 0 Å². The molecule has 1 N–H and O–H groups in total. The highest BCUT2D eigenvalue weighted by Gasteiger charge is 2.36. The quantitative estimate of drug-likeness (QED) is 0.612. The maximum atomic E-state index is 12.4. The highest BCUT2D eigenvalue weighted by atomic mass is 32.2. The fourth-order valence-corrected chi connectivity index (χ4v) is 2.62. The van der Waals surface area contributed by atoms with Crippen LogP contribution in [0.25, 0.3) is 0 Å². The molecule has 1 amide bonds. The van der Waals surface area contributed by atoms with Gasteiger partial charge in [-0.25, -0.2) is 9.59 Å². The SMILES string of the molecule is COC(=O)NCCSC1=CC(=O)c2onc(C(=O)OC)c2C1=O. The van der Waals surface area contributed by atoms with E-state index in [4.69, 9.17) is 4.52 Å². The largest absolute Gasteiger partial charge is 0.464 e. The molecule has 1 aliphatic rings. The van der Waals surface area contributed by atoms with Gasteiger partial charge in [0.25, 0.3) is 0 Å². The first-order chi connectivity index (χ1) is 11.0. The number of rotatable bonds is 5. The molecule has 1 heterocycles. The number of Topliss-reactive ketones (excluding diaryl/α,β-unsaturated/α-hetero) is 1. The number of alkyl carbamates (subject to hydrolysis) is 1. The number of aromatic nitrogens is 1. The van der Waals surface area contributed by atoms with Crippen molar-refractivity contribution in [2.24, 2.45) is 0 Å². The summed E-state index contributed by atoms with van der Waals surface area (Å²) < 4.78 is 13.7. The molecule has 0 bridgehead atoms. The Morgan fingerprint density at radius 3 is 2.70 bits per heavy atom. The number of fused-ring (bicyclic) bond motifs is 1. The number of ketones is 2. The number of nitrogens with one attached hydrogen (secondary N) is 1. The van der Waals surface area contributed by atoms with Gasteiger partial charge in [0.05, 0.1) is 19.1 Å². The first-order valence-electron chi connectivity index (χ1n) is 6.33. The van der Waals surface area contributed by atoms with Crippen LogP contribution < -0.4 is 5.32 Å². The summed E-state index contributed by atoms with van der Waals surface area (Å²) in [5, 5.41) is 5.87. The molecule has 122 valence electrons. The number of thioether (sulfide) groups is 1. The van der Waals surface area contributed by atoms with Crippen LogP contribution in [0.1, 0.15) is 31.4 Å². The van der Waals surface area contributed by atoms with E-state index >= 15 is 0 Å². The predicted octanol–water partition coefficient (Wildman–Crippen LogP) is 0.813. The minimum Gasteiger partial charge on any atom is -0.464 e. The third-order valence-electron chi connectivity index (χ3n) is 2.82. The molecule has 1 aliphatic carbocycles. The Morgan fingerprint density at radius 2 is 2.04 bits per heavy atom. The molecule has 2 rings (SSSR count). The standard InChI is InChI=1S/C13H12N2O7S/c1-20-12(18)9-8-10(17)7(5-6(16)11(8)22-15-9)23-4-3-14-13(19)21-2/h5H,3-4H2,1-2H3,(H,14,19). The fourth-order valence-electron chi connectivity index (χ4n) is 1.77. The summed E-state index contributed by atoms with van der Waals surface area (Å²) in [4.78, 5) is 46.9. The van der Waals surface area contributed by atoms with Crippen molar-refractivity contribution in [2.75, 3.05) is 26.5 Å². The number of ether oxygens (including phenoxy) is 2. The molecule has 1 aromatic heterocycles. The molecule has 0 radical (unpaired) electrons. The Bertz CT molecular complexity index is 707. The van der Waals surface area contributed by atoms with Gasteiger partial charge in [0.1, 0.15) is 5.56 Å². The number of carbonyl (C=O) groups is 4. The Hall–Kier alpha value is -2.62. The number of esters is 1. The molecule has 0 spiro atoms. The summed E-state index contributed by atoms with van der Waals surface area (Å²) in [5.41, 5.74) is -0.535. The van der Waals surface area contributed by atoms with Crippen molar-refractivity contribution in [1.29, 1.82) is 0 Å². The van der Waals surface area contributed by atoms with E-state index in [2.05, 4.69) is 19.9 Å². The van der Waals surface area contributed by atoms with Crippen LogP contribution in [0.3, 0.4) is 0 Å². The smallest absolute Gasteiger partial charge is 0.406 e. The number of allylic oxidation sites excluding steroid dienone is 2. The Kier molecular flexibility index (Phi) is 5.16. The molecule has 10 heteroatoms. The van der Waals surface area contributed by atoms with E-state index < -0.39 is 23.6 Å². The molecule has 1 aromatic rings. The van der Waals surface area contributed by atoms with E-state index in [1.165, 1.54) is 7.11 Å². The lowest BCUT2D eigenvalue weighted by atomic mass is 10.00. The third kappa shape index (κ3) is 3.42. The lowest BCUT2D eigenvalue weighted by Crippen LogP contribution is -2.25. The molecule has 0 atom stereocenters. The van der Waals surface area contributed by atoms with Gasteiger partial charge in [0.2, 0.25) is 23.0 Å². The van der Waals surface area contributed by atoms with Gasteiger partial charge in [-0.2, -0.15) is 0 Å². The highest BCUT2D eigenvalue weighted by Crippen LogP contribution is 2.30. The second-order valence-corrected chi connectivity index (χ2v) is 5.33. The Labute approximate surface area is 134 Å². The topological polar surface area (TPSA) is 125 Å². The van der Waals surface area contributed by atoms with E-state index in [1.54, 1.807) is 0 Å². The van der Waals surface area contributed by atoms with Gasteiger partial charge in [0.15, 0.2) is 0 Å². The number of amides is 1. The second kappa shape index (κ2) is 7.09. The average Bonchev–Trinajstić information content (AvgIpc) is 3.00. The fraction of sp³-hybridized carbons (Fsp3) is 0.308. The van der Waals surface area contributed by atoms with Crippen molar-refractivity contribution in [3.8, 4) is 0 Å². The van der Waals surface area contributed by atoms with Gasteiger partial charge in [-0.15, -0.1) is 11.8 Å². The van der Waals surface area contributed by atoms with Gasteiger partial charge in [-0.3, -0.25) is 9.59 Å². The van der Waals surface area contributed by atoms with Crippen LogP contribution in [0.4, 0.5) is 4.79 Å². The van der Waals surface area contributed by atoms with E-state index in [0.29, 0.717) is 5.75 Å². The van der Waals surface area contributed by atoms with Crippen LogP contribution in [0.5, 0.6) is 0 Å². The van der Waals surface area contributed by atoms with Crippen LogP contribution in [-0.4, -0.2) is 55.3 Å². The molecule has 0 unspecified atom stereocenters. The summed E-state index contributed by atoms with van der Waals surface area (Å²) in [6, 6.07) is 0. The molecule has 0 saturated heterocycles. The van der Waals surface area contributed by atoms with Crippen molar-refractivity contribution in [3.05, 3.63) is 28.0 Å². The van der Waals surface area contributed by atoms with Crippen molar-refractivity contribution in [1.82, 2.24) is 10.5 Å². The third-order valence-corrected chi connectivity index (χ3v) is 3.84. The summed E-state index contributed by atoms with van der Waals surface area (Å²) in [6.45, 7) is 0.233. The first kappa shape index (κ1) is 16.7. The monoisotopic (exact) mass is 340 g/mol. The number of methoxy groups -OCH3 is 2. The van der Waals surface area contributed by atoms with Gasteiger partial charge in [-0.05, 0) is 0 Å². The normalized spacial score (nSPS) is 13.2. The summed E-state index contributed by atoms with van der Waals surface area (Å²) >= 11 is 1.06. The predicted molar refractivity (Wildman–Crippen MR) is 77.5 cm³/mol. The molecular formula is C13H12N2O7S. The molecule has 0 aromatic carbocycles. The van der Waals surface area contributed by atoms with E-state index in [0.717, 1.165) is 24.9 Å². The van der Waals surface area contributed by atoms with E-state index in [1.807, 2.05) is 0 Å². The molecular weight excluding hydrogens is 328 g/mol. The lowest BCUT2D eigenvalue weighted by molar-refractivity contribution is 0.0586. The van der Waals surface area contributed by atoms with Gasteiger partial charge < -0.3 is 19.3 Å². The van der Waals surface area contributed by atoms with Crippen LogP contribution in [0.15, 0.2) is 15.5 Å². The van der Waals surface area contributed by atoms with Crippen LogP contribution in [-0.2, 0) is 9.47 Å². The van der Waals surface area contributed by atoms with E-state index in [-0.39, 0.29) is 28.5 Å². The summed E-state index contributed by atoms with van der Waals surface area (Å²) in [6.07, 6.45) is 0.514. The van der Waals surface area contributed by atoms with Crippen molar-refractivity contribution < 1.29 is 33.2 Å². The first-order valence-corrected chi connectivity index (χ1v) is 7.31. The van der Waals surface area contributed by atoms with Gasteiger partial charge >= 0.3 is 12.1 Å². The number of hydrogen-bond acceptors (Lipinski definition) is 9. The maximum Gasteiger partial charge on any atom is 0.406 e. The minimum atomic E-state index is -0.866. The molecule has 9 nitrogen and oxygen atoms in total. The van der Waals surface area contributed by atoms with Crippen molar-refractivity contribution in [2.45, 2.75) is 0 Å². The van der Waals surface area contributed by atoms with Gasteiger partial charge in [0, 0.05) is 18.4 Å². The van der Waals surface area contributed by atoms with Crippen molar-refractivity contribution >= 4 is 35.4 Å². The summed E-state index contributed by atoms with van der Waals surface area (Å²) in [7, 11) is 2.36. The number of hydrogen-bond donors (Lipinski definition) is 1. The average molecular weight is 340 g/mol. The zero-order valence-corrected chi connectivity index (χ0v) is 13.0. The summed E-state index contributed by atoms with van der Waals surface area (Å²) in [5.74, 6) is -1.94. The number of nitrogens with zero attached hydrogens (tertiary/aromatic N) is 1. The molecule has 23 heavy (non-hydrogen) atoms. The molecule has 0 fully saturated rings. The molecule has 0 saturated carbocycles. The minimum absolute atomic E-state index is 0.127. The maximum absolute atomic E-state index is 12.4. The van der Waals surface area contributed by atoms with Crippen LogP contribution in [0, 0.1) is 0 Å². The Morgan fingerprint density at radius 1 is 1.30 bits per heavy atom. The second-order valence-electron chi connectivity index (χ2n) is 4.20. The number of carbonyl (C=O) groups excluding carboxylic acids is 4. The van der Waals surface area contributed by atoms with Crippen LogP contribution >= 0.6 is 11.8 Å².